The van der Waals surface area contributed by atoms with Gasteiger partial charge in [-0.15, -0.1) is 0 Å². The number of para-hydroxylation sites is 2. The average molecular weight is 557 g/mol. The number of hydrogen-bond acceptors (Lipinski definition) is 6. The maximum atomic E-state index is 12.8. The molecule has 2 aliphatic rings. The number of rotatable bonds is 10. The highest BCUT2D eigenvalue weighted by molar-refractivity contribution is 5.91. The molecule has 0 aliphatic carbocycles. The molecular formula is C33H44N6O2. The number of nitrogens with one attached hydrogen (secondary N) is 2. The highest BCUT2D eigenvalue weighted by Crippen LogP contribution is 2.28. The van der Waals surface area contributed by atoms with Crippen molar-refractivity contribution in [3.63, 3.8) is 0 Å². The van der Waals surface area contributed by atoms with E-state index in [-0.39, 0.29) is 6.03 Å². The fourth-order valence-corrected chi connectivity index (χ4v) is 5.49. The number of aryl methyl sites for hydroxylation is 1. The Hall–Kier alpha value is -3.75. The zero-order valence-corrected chi connectivity index (χ0v) is 24.5. The van der Waals surface area contributed by atoms with Crippen LogP contribution in [0.5, 0.6) is 5.75 Å². The first-order valence-electron chi connectivity index (χ1n) is 14.9. The van der Waals surface area contributed by atoms with E-state index in [1.807, 2.05) is 25.1 Å². The van der Waals surface area contributed by atoms with Crippen LogP contribution in [-0.4, -0.2) is 88.4 Å². The number of benzene rings is 3. The third kappa shape index (κ3) is 8.15. The van der Waals surface area contributed by atoms with Gasteiger partial charge in [0.2, 0.25) is 0 Å². The first-order chi connectivity index (χ1) is 20.0. The second-order valence-electron chi connectivity index (χ2n) is 11.1. The Kier molecular flexibility index (Phi) is 9.99. The van der Waals surface area contributed by atoms with Gasteiger partial charge < -0.3 is 30.1 Å². The molecule has 2 fully saturated rings. The Morgan fingerprint density at radius 2 is 1.44 bits per heavy atom. The molecule has 8 heteroatoms. The standard InChI is InChI=1S/C33H44N6O2/c1-27-8-6-11-31(41-25-7-16-37-19-23-39(24-20-37)29-9-4-3-5-10-29)32(27)35-33(40)34-26-28-12-14-30(15-13-28)38-21-17-36(2)18-22-38/h3-6,8-15H,7,16-26H2,1-2H3,(H2,34,35,40). The van der Waals surface area contributed by atoms with Crippen molar-refractivity contribution in [3.05, 3.63) is 83.9 Å². The molecule has 41 heavy (non-hydrogen) atoms. The minimum atomic E-state index is -0.233. The Labute approximate surface area is 244 Å². The predicted octanol–water partition coefficient (Wildman–Crippen LogP) is 4.66. The molecule has 3 aromatic carbocycles. The molecule has 0 bridgehead atoms. The lowest BCUT2D eigenvalue weighted by atomic mass is 10.1. The molecule has 0 saturated carbocycles. The summed E-state index contributed by atoms with van der Waals surface area (Å²) in [6.07, 6.45) is 0.940. The number of amides is 2. The van der Waals surface area contributed by atoms with Crippen molar-refractivity contribution in [2.45, 2.75) is 19.9 Å². The summed E-state index contributed by atoms with van der Waals surface area (Å²) in [7, 11) is 2.17. The Morgan fingerprint density at radius 3 is 2.15 bits per heavy atom. The van der Waals surface area contributed by atoms with Crippen molar-refractivity contribution >= 4 is 23.1 Å². The highest BCUT2D eigenvalue weighted by atomic mass is 16.5. The summed E-state index contributed by atoms with van der Waals surface area (Å²) in [5.41, 5.74) is 5.32. The number of carbonyl (C=O) groups is 1. The van der Waals surface area contributed by atoms with Crippen LogP contribution in [0, 0.1) is 6.92 Å². The lowest BCUT2D eigenvalue weighted by molar-refractivity contribution is 0.225. The van der Waals surface area contributed by atoms with Gasteiger partial charge in [-0.3, -0.25) is 4.90 Å². The van der Waals surface area contributed by atoms with E-state index in [2.05, 4.69) is 91.9 Å². The summed E-state index contributed by atoms with van der Waals surface area (Å²) in [6.45, 7) is 12.5. The topological polar surface area (TPSA) is 63.3 Å². The molecule has 5 rings (SSSR count). The van der Waals surface area contributed by atoms with Crippen molar-refractivity contribution in [1.82, 2.24) is 15.1 Å². The number of urea groups is 1. The van der Waals surface area contributed by atoms with Crippen LogP contribution in [0.2, 0.25) is 0 Å². The molecule has 3 aromatic rings. The van der Waals surface area contributed by atoms with Crippen LogP contribution in [0.3, 0.4) is 0 Å². The van der Waals surface area contributed by atoms with E-state index in [1.165, 1.54) is 11.4 Å². The molecular weight excluding hydrogens is 512 g/mol. The van der Waals surface area contributed by atoms with E-state index in [4.69, 9.17) is 4.74 Å². The van der Waals surface area contributed by atoms with Crippen LogP contribution < -0.4 is 25.2 Å². The first-order valence-corrected chi connectivity index (χ1v) is 14.9. The maximum absolute atomic E-state index is 12.8. The Balaban J connectivity index is 1.04. The van der Waals surface area contributed by atoms with Gasteiger partial charge in [-0.05, 0) is 61.9 Å². The van der Waals surface area contributed by atoms with E-state index in [9.17, 15) is 4.79 Å². The van der Waals surface area contributed by atoms with Gasteiger partial charge in [-0.2, -0.15) is 0 Å². The van der Waals surface area contributed by atoms with Crippen LogP contribution in [0.1, 0.15) is 17.5 Å². The zero-order valence-electron chi connectivity index (χ0n) is 24.5. The smallest absolute Gasteiger partial charge is 0.319 e. The van der Waals surface area contributed by atoms with Crippen molar-refractivity contribution in [2.75, 3.05) is 87.7 Å². The Bertz CT molecular complexity index is 1240. The molecule has 0 atom stereocenters. The van der Waals surface area contributed by atoms with Crippen LogP contribution in [-0.2, 0) is 6.54 Å². The lowest BCUT2D eigenvalue weighted by Gasteiger charge is -2.36. The maximum Gasteiger partial charge on any atom is 0.319 e. The van der Waals surface area contributed by atoms with E-state index in [0.29, 0.717) is 18.9 Å². The molecule has 0 aromatic heterocycles. The van der Waals surface area contributed by atoms with Gasteiger partial charge in [0.15, 0.2) is 0 Å². The quantitative estimate of drug-likeness (QED) is 0.354. The van der Waals surface area contributed by atoms with E-state index >= 15 is 0 Å². The molecule has 2 heterocycles. The molecule has 2 aliphatic heterocycles. The summed E-state index contributed by atoms with van der Waals surface area (Å²) >= 11 is 0. The molecule has 0 unspecified atom stereocenters. The van der Waals surface area contributed by atoms with E-state index in [1.54, 1.807) is 0 Å². The summed E-state index contributed by atoms with van der Waals surface area (Å²) in [4.78, 5) is 22.5. The Morgan fingerprint density at radius 1 is 0.780 bits per heavy atom. The number of piperazine rings is 2. The molecule has 0 spiro atoms. The van der Waals surface area contributed by atoms with Crippen LogP contribution in [0.4, 0.5) is 21.9 Å². The number of carbonyl (C=O) groups excluding carboxylic acids is 1. The number of anilines is 3. The summed E-state index contributed by atoms with van der Waals surface area (Å²) < 4.78 is 6.15. The van der Waals surface area contributed by atoms with Crippen LogP contribution in [0.25, 0.3) is 0 Å². The number of ether oxygens (including phenoxy) is 1. The number of likely N-dealkylation sites (N-methyl/N-ethyl adjacent to an activating group) is 1. The average Bonchev–Trinajstić information content (AvgIpc) is 3.01. The largest absolute Gasteiger partial charge is 0.491 e. The van der Waals surface area contributed by atoms with Gasteiger partial charge in [0.1, 0.15) is 5.75 Å². The van der Waals surface area contributed by atoms with Gasteiger partial charge in [0.25, 0.3) is 0 Å². The van der Waals surface area contributed by atoms with E-state index < -0.39 is 0 Å². The third-order valence-corrected chi connectivity index (χ3v) is 8.10. The van der Waals surface area contributed by atoms with Gasteiger partial charge >= 0.3 is 6.03 Å². The van der Waals surface area contributed by atoms with Gasteiger partial charge in [-0.1, -0.05) is 42.5 Å². The molecule has 218 valence electrons. The van der Waals surface area contributed by atoms with Crippen molar-refractivity contribution in [1.29, 1.82) is 0 Å². The molecule has 8 nitrogen and oxygen atoms in total. The number of hydrogen-bond donors (Lipinski definition) is 2. The second kappa shape index (κ2) is 14.2. The fraction of sp³-hybridized carbons (Fsp3) is 0.424. The summed E-state index contributed by atoms with van der Waals surface area (Å²) in [5.74, 6) is 0.713. The van der Waals surface area contributed by atoms with Crippen LogP contribution in [0.15, 0.2) is 72.8 Å². The lowest BCUT2D eigenvalue weighted by Crippen LogP contribution is -2.46. The van der Waals surface area contributed by atoms with Crippen molar-refractivity contribution < 1.29 is 9.53 Å². The summed E-state index contributed by atoms with van der Waals surface area (Å²) in [6, 6.07) is 24.8. The molecule has 2 saturated heterocycles. The molecule has 2 amide bonds. The third-order valence-electron chi connectivity index (χ3n) is 8.10. The van der Waals surface area contributed by atoms with Gasteiger partial charge in [0.05, 0.1) is 12.3 Å². The van der Waals surface area contributed by atoms with Crippen molar-refractivity contribution in [3.8, 4) is 5.75 Å². The van der Waals surface area contributed by atoms with Gasteiger partial charge in [-0.25, -0.2) is 4.79 Å². The highest BCUT2D eigenvalue weighted by Gasteiger charge is 2.17. The fourth-order valence-electron chi connectivity index (χ4n) is 5.49. The monoisotopic (exact) mass is 556 g/mol. The zero-order chi connectivity index (χ0) is 28.4. The second-order valence-corrected chi connectivity index (χ2v) is 11.1. The summed E-state index contributed by atoms with van der Waals surface area (Å²) in [5, 5.41) is 6.02. The molecule has 0 radical (unpaired) electrons. The molecule has 2 N–H and O–H groups in total. The van der Waals surface area contributed by atoms with Crippen LogP contribution >= 0.6 is 0 Å². The predicted molar refractivity (Wildman–Crippen MR) is 168 cm³/mol. The van der Waals surface area contributed by atoms with Gasteiger partial charge in [0, 0.05) is 76.8 Å². The number of nitrogens with zero attached hydrogens (tertiary/aromatic N) is 4. The normalized spacial score (nSPS) is 16.4. The minimum absolute atomic E-state index is 0.233. The SMILES string of the molecule is Cc1cccc(OCCCN2CCN(c3ccccc3)CC2)c1NC(=O)NCc1ccc(N2CCN(C)CC2)cc1. The first kappa shape index (κ1) is 28.8. The minimum Gasteiger partial charge on any atom is -0.491 e. The van der Waals surface area contributed by atoms with E-state index in [0.717, 1.165) is 82.1 Å². The van der Waals surface area contributed by atoms with Crippen molar-refractivity contribution in [2.24, 2.45) is 0 Å².